The summed E-state index contributed by atoms with van der Waals surface area (Å²) in [4.78, 5) is 4.57. The van der Waals surface area contributed by atoms with E-state index in [1.165, 1.54) is 29.8 Å². The minimum absolute atomic E-state index is 0.148. The van der Waals surface area contributed by atoms with Crippen LogP contribution < -0.4 is 10.1 Å². The van der Waals surface area contributed by atoms with Gasteiger partial charge in [0.05, 0.1) is 0 Å². The van der Waals surface area contributed by atoms with Crippen molar-refractivity contribution in [3.05, 3.63) is 66.0 Å². The Hall–Kier alpha value is -2.87. The lowest BCUT2D eigenvalue weighted by Gasteiger charge is -2.39. The summed E-state index contributed by atoms with van der Waals surface area (Å²) < 4.78 is 46.3. The third kappa shape index (κ3) is 4.30. The number of hydrogen-bond donors (Lipinski definition) is 1. The number of benzene rings is 2. The molecule has 3 aromatic rings. The Labute approximate surface area is 177 Å². The van der Waals surface area contributed by atoms with Crippen molar-refractivity contribution in [2.75, 3.05) is 6.54 Å². The minimum Gasteiger partial charge on any atom is -0.406 e. The predicted octanol–water partition coefficient (Wildman–Crippen LogP) is 5.20. The van der Waals surface area contributed by atoms with Crippen LogP contribution in [0.5, 0.6) is 5.75 Å². The molecule has 2 fully saturated rings. The fraction of sp³-hybridized carbons (Fsp3) is 0.391. The lowest BCUT2D eigenvalue weighted by Crippen LogP contribution is -2.45. The summed E-state index contributed by atoms with van der Waals surface area (Å²) in [5.41, 5.74) is 1.77. The molecule has 0 radical (unpaired) electrons. The lowest BCUT2D eigenvalue weighted by atomic mass is 9.68. The topological polar surface area (TPSA) is 60.2 Å². The number of hydrogen-bond acceptors (Lipinski definition) is 5. The van der Waals surface area contributed by atoms with Gasteiger partial charge in [-0.05, 0) is 49.1 Å². The van der Waals surface area contributed by atoms with E-state index in [0.29, 0.717) is 29.2 Å². The second-order valence-electron chi connectivity index (χ2n) is 8.37. The van der Waals surface area contributed by atoms with Gasteiger partial charge in [-0.15, -0.1) is 13.2 Å². The molecular weight excluding hydrogens is 407 g/mol. The van der Waals surface area contributed by atoms with E-state index in [-0.39, 0.29) is 11.2 Å². The Bertz CT molecular complexity index is 1030. The maximum atomic E-state index is 12.3. The molecular formula is C23H22F3N3O2. The second-order valence-corrected chi connectivity index (χ2v) is 8.37. The van der Waals surface area contributed by atoms with Crippen molar-refractivity contribution in [3.8, 4) is 17.2 Å². The number of nitrogens with zero attached hydrogens (tertiary/aromatic N) is 2. The number of aromatic nitrogens is 2. The van der Waals surface area contributed by atoms with Crippen LogP contribution in [0.3, 0.4) is 0 Å². The monoisotopic (exact) mass is 429 g/mol. The number of ether oxygens (including phenoxy) is 1. The van der Waals surface area contributed by atoms with Crippen molar-refractivity contribution >= 4 is 0 Å². The van der Waals surface area contributed by atoms with Crippen molar-refractivity contribution in [2.24, 2.45) is 0 Å². The highest BCUT2D eigenvalue weighted by atomic mass is 19.4. The summed E-state index contributed by atoms with van der Waals surface area (Å²) in [6.45, 7) is 0.790. The highest BCUT2D eigenvalue weighted by Gasteiger charge is 2.46. The van der Waals surface area contributed by atoms with Gasteiger partial charge in [0.25, 0.3) is 5.89 Å². The molecule has 1 aromatic heterocycles. The zero-order valence-corrected chi connectivity index (χ0v) is 16.7. The molecule has 1 N–H and O–H groups in total. The number of alkyl halides is 3. The number of rotatable bonds is 7. The van der Waals surface area contributed by atoms with E-state index >= 15 is 0 Å². The van der Waals surface area contributed by atoms with E-state index in [1.54, 1.807) is 0 Å². The Morgan fingerprint density at radius 1 is 1.06 bits per heavy atom. The van der Waals surface area contributed by atoms with Crippen LogP contribution in [-0.4, -0.2) is 29.1 Å². The molecule has 0 aliphatic heterocycles. The highest BCUT2D eigenvalue weighted by Crippen LogP contribution is 2.45. The molecule has 5 rings (SSSR count). The lowest BCUT2D eigenvalue weighted by molar-refractivity contribution is -0.274. The molecule has 2 aliphatic rings. The normalized spacial score (nSPS) is 22.0. The first-order valence-corrected chi connectivity index (χ1v) is 10.4. The Morgan fingerprint density at radius 2 is 1.81 bits per heavy atom. The van der Waals surface area contributed by atoms with E-state index in [1.807, 2.05) is 6.07 Å². The maximum absolute atomic E-state index is 12.3. The van der Waals surface area contributed by atoms with Gasteiger partial charge in [-0.3, -0.25) is 0 Å². The van der Waals surface area contributed by atoms with Crippen LogP contribution in [-0.2, 0) is 5.41 Å². The summed E-state index contributed by atoms with van der Waals surface area (Å²) in [6, 6.07) is 16.4. The van der Waals surface area contributed by atoms with E-state index in [0.717, 1.165) is 32.2 Å². The highest BCUT2D eigenvalue weighted by molar-refractivity contribution is 5.54. The summed E-state index contributed by atoms with van der Waals surface area (Å²) >= 11 is 0. The smallest absolute Gasteiger partial charge is 0.406 e. The van der Waals surface area contributed by atoms with Crippen molar-refractivity contribution in [2.45, 2.75) is 49.4 Å². The SMILES string of the molecule is FC(F)(F)Oc1ccc(-c2nc(C3(CN[C@H]4C[C@@H]4c4ccccc4)CCC3)no2)cc1. The van der Waals surface area contributed by atoms with Crippen LogP contribution >= 0.6 is 0 Å². The molecule has 0 amide bonds. The Morgan fingerprint density at radius 3 is 2.45 bits per heavy atom. The molecule has 8 heteroatoms. The van der Waals surface area contributed by atoms with Crippen LogP contribution in [0.1, 0.15) is 43.0 Å². The molecule has 2 aliphatic carbocycles. The average Bonchev–Trinajstić information content (AvgIpc) is 3.33. The average molecular weight is 429 g/mol. The minimum atomic E-state index is -4.72. The summed E-state index contributed by atoms with van der Waals surface area (Å²) in [5.74, 6) is 1.23. The van der Waals surface area contributed by atoms with Crippen molar-refractivity contribution in [3.63, 3.8) is 0 Å². The first-order valence-electron chi connectivity index (χ1n) is 10.4. The molecule has 0 unspecified atom stereocenters. The maximum Gasteiger partial charge on any atom is 0.573 e. The zero-order valence-electron chi connectivity index (χ0n) is 16.7. The summed E-state index contributed by atoms with van der Waals surface area (Å²) in [5, 5.41) is 7.89. The van der Waals surface area contributed by atoms with Crippen LogP contribution in [0.2, 0.25) is 0 Å². The quantitative estimate of drug-likeness (QED) is 0.559. The Kier molecular flexibility index (Phi) is 4.97. The molecule has 0 spiro atoms. The fourth-order valence-electron chi connectivity index (χ4n) is 4.25. The Balaban J connectivity index is 1.24. The van der Waals surface area contributed by atoms with E-state index in [2.05, 4.69) is 44.5 Å². The van der Waals surface area contributed by atoms with E-state index in [4.69, 9.17) is 4.52 Å². The number of nitrogens with one attached hydrogen (secondary N) is 1. The second kappa shape index (κ2) is 7.67. The van der Waals surface area contributed by atoms with Crippen LogP contribution in [0.15, 0.2) is 59.1 Å². The largest absolute Gasteiger partial charge is 0.573 e. The summed E-state index contributed by atoms with van der Waals surface area (Å²) in [7, 11) is 0. The van der Waals surface area contributed by atoms with Gasteiger partial charge in [-0.25, -0.2) is 0 Å². The molecule has 5 nitrogen and oxygen atoms in total. The van der Waals surface area contributed by atoms with E-state index in [9.17, 15) is 13.2 Å². The van der Waals surface area contributed by atoms with Crippen LogP contribution in [0.4, 0.5) is 13.2 Å². The third-order valence-electron chi connectivity index (χ3n) is 6.27. The molecule has 0 bridgehead atoms. The van der Waals surface area contributed by atoms with Gasteiger partial charge in [0.2, 0.25) is 0 Å². The van der Waals surface area contributed by atoms with Crippen LogP contribution in [0, 0.1) is 0 Å². The zero-order chi connectivity index (χ0) is 21.5. The van der Waals surface area contributed by atoms with Gasteiger partial charge in [-0.2, -0.15) is 4.98 Å². The predicted molar refractivity (Wildman–Crippen MR) is 108 cm³/mol. The first-order chi connectivity index (χ1) is 14.9. The van der Waals surface area contributed by atoms with Crippen molar-refractivity contribution < 1.29 is 22.4 Å². The van der Waals surface area contributed by atoms with Gasteiger partial charge in [0.1, 0.15) is 5.75 Å². The third-order valence-corrected chi connectivity index (χ3v) is 6.27. The molecule has 1 heterocycles. The molecule has 2 saturated carbocycles. The van der Waals surface area contributed by atoms with Crippen molar-refractivity contribution in [1.82, 2.24) is 15.5 Å². The van der Waals surface area contributed by atoms with Gasteiger partial charge in [0.15, 0.2) is 5.82 Å². The van der Waals surface area contributed by atoms with Gasteiger partial charge in [-0.1, -0.05) is 41.9 Å². The standard InChI is InChI=1S/C23H22F3N3O2/c24-23(25,26)30-17-9-7-16(8-10-17)20-28-21(29-31-20)22(11-4-12-22)14-27-19-13-18(19)15-5-2-1-3-6-15/h1-3,5-10,18-19,27H,4,11-14H2/t18-,19+/m1/s1. The number of halogens is 3. The molecule has 31 heavy (non-hydrogen) atoms. The fourth-order valence-corrected chi connectivity index (χ4v) is 4.25. The summed E-state index contributed by atoms with van der Waals surface area (Å²) in [6.07, 6.45) is -0.504. The van der Waals surface area contributed by atoms with Gasteiger partial charge in [0, 0.05) is 29.5 Å². The van der Waals surface area contributed by atoms with Gasteiger partial charge >= 0.3 is 6.36 Å². The molecule has 162 valence electrons. The van der Waals surface area contributed by atoms with E-state index < -0.39 is 6.36 Å². The van der Waals surface area contributed by atoms with Crippen molar-refractivity contribution in [1.29, 1.82) is 0 Å². The first kappa shape index (κ1) is 20.1. The van der Waals surface area contributed by atoms with Gasteiger partial charge < -0.3 is 14.6 Å². The molecule has 2 atom stereocenters. The molecule has 0 saturated heterocycles. The van der Waals surface area contributed by atoms with Crippen LogP contribution in [0.25, 0.3) is 11.5 Å². The molecule has 2 aromatic carbocycles.